The van der Waals surface area contributed by atoms with Crippen LogP contribution in [0.15, 0.2) is 18.2 Å². The molecule has 1 aromatic carbocycles. The Hall–Kier alpha value is -0.980. The van der Waals surface area contributed by atoms with Crippen molar-refractivity contribution >= 4 is 0 Å². The molecule has 0 unspecified atom stereocenters. The molecule has 0 spiro atoms. The van der Waals surface area contributed by atoms with Gasteiger partial charge in [0.2, 0.25) is 0 Å². The number of hydrogen-bond acceptors (Lipinski definition) is 1. The van der Waals surface area contributed by atoms with Crippen LogP contribution in [0, 0.1) is 11.8 Å². The zero-order chi connectivity index (χ0) is 12.8. The third-order valence-electron chi connectivity index (χ3n) is 3.19. The molecule has 17 heavy (non-hydrogen) atoms. The number of phenols is 1. The van der Waals surface area contributed by atoms with Gasteiger partial charge in [0.05, 0.1) is 0 Å². The minimum atomic E-state index is 0.536. The average molecular weight is 234 g/mol. The molecule has 1 rings (SSSR count). The lowest BCUT2D eigenvalue weighted by atomic mass is 9.96. The van der Waals surface area contributed by atoms with Gasteiger partial charge in [-0.05, 0) is 48.6 Å². The standard InChI is InChI=1S/C16H26O/c1-12(2)8-10-14-6-5-7-15(16(14)17)11-9-13(3)4/h5-7,12-13,17H,8-11H2,1-4H3. The maximum atomic E-state index is 10.2. The first-order chi connectivity index (χ1) is 8.00. The number of aromatic hydroxyl groups is 1. The molecule has 1 nitrogen and oxygen atoms in total. The number of hydrogen-bond donors (Lipinski definition) is 1. The first kappa shape index (κ1) is 14.1. The summed E-state index contributed by atoms with van der Waals surface area (Å²) in [5.74, 6) is 1.91. The average Bonchev–Trinajstić information content (AvgIpc) is 2.25. The monoisotopic (exact) mass is 234 g/mol. The summed E-state index contributed by atoms with van der Waals surface area (Å²) in [6, 6.07) is 6.18. The third kappa shape index (κ3) is 4.80. The van der Waals surface area contributed by atoms with Crippen molar-refractivity contribution in [2.45, 2.75) is 53.4 Å². The highest BCUT2D eigenvalue weighted by molar-refractivity contribution is 5.40. The molecule has 1 heteroatoms. The van der Waals surface area contributed by atoms with Gasteiger partial charge < -0.3 is 5.11 Å². The van der Waals surface area contributed by atoms with Crippen molar-refractivity contribution < 1.29 is 5.11 Å². The highest BCUT2D eigenvalue weighted by Gasteiger charge is 2.08. The molecule has 1 aromatic rings. The molecule has 0 amide bonds. The predicted molar refractivity (Wildman–Crippen MR) is 74.4 cm³/mol. The Morgan fingerprint density at radius 3 is 1.65 bits per heavy atom. The molecular weight excluding hydrogens is 208 g/mol. The fourth-order valence-corrected chi connectivity index (χ4v) is 1.94. The zero-order valence-electron chi connectivity index (χ0n) is 11.7. The molecule has 0 saturated carbocycles. The number of rotatable bonds is 6. The summed E-state index contributed by atoms with van der Waals surface area (Å²) < 4.78 is 0. The van der Waals surface area contributed by atoms with Gasteiger partial charge in [-0.1, -0.05) is 45.9 Å². The van der Waals surface area contributed by atoms with Crippen LogP contribution in [0.4, 0.5) is 0 Å². The van der Waals surface area contributed by atoms with E-state index >= 15 is 0 Å². The van der Waals surface area contributed by atoms with Gasteiger partial charge in [0.25, 0.3) is 0 Å². The molecule has 0 aliphatic carbocycles. The van der Waals surface area contributed by atoms with E-state index in [4.69, 9.17) is 0 Å². The lowest BCUT2D eigenvalue weighted by Gasteiger charge is -2.12. The van der Waals surface area contributed by atoms with Gasteiger partial charge in [-0.15, -0.1) is 0 Å². The van der Waals surface area contributed by atoms with E-state index in [-0.39, 0.29) is 0 Å². The molecule has 0 saturated heterocycles. The van der Waals surface area contributed by atoms with E-state index in [0.717, 1.165) is 36.8 Å². The minimum Gasteiger partial charge on any atom is -0.507 e. The van der Waals surface area contributed by atoms with Gasteiger partial charge in [-0.25, -0.2) is 0 Å². The summed E-state index contributed by atoms with van der Waals surface area (Å²) in [5.41, 5.74) is 2.22. The Morgan fingerprint density at radius 2 is 1.29 bits per heavy atom. The second-order valence-electron chi connectivity index (χ2n) is 5.79. The fraction of sp³-hybridized carbons (Fsp3) is 0.625. The molecule has 0 radical (unpaired) electrons. The summed E-state index contributed by atoms with van der Waals surface area (Å²) in [6.45, 7) is 8.89. The minimum absolute atomic E-state index is 0.536. The van der Waals surface area contributed by atoms with Crippen molar-refractivity contribution in [1.29, 1.82) is 0 Å². The Balaban J connectivity index is 2.69. The van der Waals surface area contributed by atoms with Crippen LogP contribution in [0.3, 0.4) is 0 Å². The van der Waals surface area contributed by atoms with Crippen LogP contribution in [0.5, 0.6) is 5.75 Å². The lowest BCUT2D eigenvalue weighted by molar-refractivity contribution is 0.452. The third-order valence-corrected chi connectivity index (χ3v) is 3.19. The molecule has 0 aliphatic rings. The number of phenolic OH excluding ortho intramolecular Hbond substituents is 1. The number of benzene rings is 1. The van der Waals surface area contributed by atoms with Crippen molar-refractivity contribution in [2.75, 3.05) is 0 Å². The first-order valence-corrected chi connectivity index (χ1v) is 6.80. The van der Waals surface area contributed by atoms with Gasteiger partial charge in [-0.2, -0.15) is 0 Å². The smallest absolute Gasteiger partial charge is 0.121 e. The zero-order valence-corrected chi connectivity index (χ0v) is 11.7. The van der Waals surface area contributed by atoms with Crippen LogP contribution in [-0.2, 0) is 12.8 Å². The van der Waals surface area contributed by atoms with E-state index in [0.29, 0.717) is 17.6 Å². The van der Waals surface area contributed by atoms with E-state index in [2.05, 4.69) is 45.9 Å². The van der Waals surface area contributed by atoms with Crippen LogP contribution < -0.4 is 0 Å². The largest absolute Gasteiger partial charge is 0.507 e. The number of para-hydroxylation sites is 1. The van der Waals surface area contributed by atoms with Gasteiger partial charge >= 0.3 is 0 Å². The van der Waals surface area contributed by atoms with Crippen molar-refractivity contribution in [2.24, 2.45) is 11.8 Å². The fourth-order valence-electron chi connectivity index (χ4n) is 1.94. The van der Waals surface area contributed by atoms with E-state index in [1.165, 1.54) is 0 Å². The maximum Gasteiger partial charge on any atom is 0.121 e. The summed E-state index contributed by atoms with van der Waals surface area (Å²) in [6.07, 6.45) is 4.25. The van der Waals surface area contributed by atoms with Crippen molar-refractivity contribution in [3.63, 3.8) is 0 Å². The molecule has 0 atom stereocenters. The normalized spacial score (nSPS) is 11.4. The van der Waals surface area contributed by atoms with Crippen LogP contribution in [0.1, 0.15) is 51.7 Å². The second-order valence-corrected chi connectivity index (χ2v) is 5.79. The second kappa shape index (κ2) is 6.68. The Labute approximate surface area is 106 Å². The van der Waals surface area contributed by atoms with Crippen LogP contribution >= 0.6 is 0 Å². The van der Waals surface area contributed by atoms with Gasteiger partial charge in [0.1, 0.15) is 5.75 Å². The highest BCUT2D eigenvalue weighted by atomic mass is 16.3. The molecule has 0 aromatic heterocycles. The van der Waals surface area contributed by atoms with Crippen molar-refractivity contribution in [3.05, 3.63) is 29.3 Å². The van der Waals surface area contributed by atoms with Crippen molar-refractivity contribution in [1.82, 2.24) is 0 Å². The maximum absolute atomic E-state index is 10.2. The van der Waals surface area contributed by atoms with E-state index in [1.54, 1.807) is 0 Å². The number of aryl methyl sites for hydroxylation is 2. The van der Waals surface area contributed by atoms with E-state index < -0.39 is 0 Å². The topological polar surface area (TPSA) is 20.2 Å². The van der Waals surface area contributed by atoms with Crippen LogP contribution in [-0.4, -0.2) is 5.11 Å². The quantitative estimate of drug-likeness (QED) is 0.764. The van der Waals surface area contributed by atoms with E-state index in [9.17, 15) is 5.11 Å². The van der Waals surface area contributed by atoms with E-state index in [1.807, 2.05) is 0 Å². The van der Waals surface area contributed by atoms with Gasteiger partial charge in [0.15, 0.2) is 0 Å². The first-order valence-electron chi connectivity index (χ1n) is 6.80. The molecular formula is C16H26O. The molecule has 1 N–H and O–H groups in total. The highest BCUT2D eigenvalue weighted by Crippen LogP contribution is 2.26. The lowest BCUT2D eigenvalue weighted by Crippen LogP contribution is -1.97. The molecule has 0 heterocycles. The summed E-state index contributed by atoms with van der Waals surface area (Å²) in [5, 5.41) is 10.2. The van der Waals surface area contributed by atoms with Gasteiger partial charge in [0, 0.05) is 0 Å². The summed E-state index contributed by atoms with van der Waals surface area (Å²) >= 11 is 0. The Bertz CT molecular complexity index is 309. The Morgan fingerprint density at radius 1 is 0.882 bits per heavy atom. The molecule has 0 aliphatic heterocycles. The molecule has 0 fully saturated rings. The van der Waals surface area contributed by atoms with Crippen LogP contribution in [0.25, 0.3) is 0 Å². The SMILES string of the molecule is CC(C)CCc1cccc(CCC(C)C)c1O. The van der Waals surface area contributed by atoms with Crippen LogP contribution in [0.2, 0.25) is 0 Å². The molecule has 96 valence electrons. The Kier molecular flexibility index (Phi) is 5.54. The van der Waals surface area contributed by atoms with Gasteiger partial charge in [-0.3, -0.25) is 0 Å². The summed E-state index contributed by atoms with van der Waals surface area (Å²) in [4.78, 5) is 0. The summed E-state index contributed by atoms with van der Waals surface area (Å²) in [7, 11) is 0. The molecule has 0 bridgehead atoms. The predicted octanol–water partition coefficient (Wildman–Crippen LogP) is 4.57. The van der Waals surface area contributed by atoms with Crippen molar-refractivity contribution in [3.8, 4) is 5.75 Å².